The van der Waals surface area contributed by atoms with Crippen molar-refractivity contribution in [2.45, 2.75) is 51.1 Å². The normalized spacial score (nSPS) is 28.1. The molecule has 0 saturated heterocycles. The quantitative estimate of drug-likeness (QED) is 0.617. The molecule has 2 aliphatic rings. The smallest absolute Gasteiger partial charge is 0.356 e. The molecule has 0 aromatic carbocycles. The van der Waals surface area contributed by atoms with Gasteiger partial charge >= 0.3 is 6.18 Å². The summed E-state index contributed by atoms with van der Waals surface area (Å²) in [6.07, 6.45) is 1.71. The molecule has 0 radical (unpaired) electrons. The summed E-state index contributed by atoms with van der Waals surface area (Å²) < 4.78 is 37.8. The van der Waals surface area contributed by atoms with E-state index in [1.165, 1.54) is 19.3 Å². The maximum Gasteiger partial charge on any atom is 0.391 e. The Morgan fingerprint density at radius 1 is 0.952 bits per heavy atom. The van der Waals surface area contributed by atoms with Gasteiger partial charge in [0.1, 0.15) is 0 Å². The minimum atomic E-state index is -4.02. The van der Waals surface area contributed by atoms with Crippen LogP contribution < -0.4 is 10.6 Å². The predicted molar refractivity (Wildman–Crippen MR) is 78.2 cm³/mol. The first-order valence-corrected chi connectivity index (χ1v) is 8.00. The summed E-state index contributed by atoms with van der Waals surface area (Å²) in [7, 11) is 1.73. The number of hydrogen-bond acceptors (Lipinski definition) is 1. The van der Waals surface area contributed by atoms with Crippen LogP contribution >= 0.6 is 0 Å². The second-order valence-corrected chi connectivity index (χ2v) is 6.39. The largest absolute Gasteiger partial charge is 0.391 e. The van der Waals surface area contributed by atoms with Crippen molar-refractivity contribution in [1.29, 1.82) is 0 Å². The van der Waals surface area contributed by atoms with Crippen molar-refractivity contribution in [3.8, 4) is 0 Å². The molecule has 0 unspecified atom stereocenters. The molecule has 2 rings (SSSR count). The number of aliphatic imine (C=N–C) groups is 1. The summed E-state index contributed by atoms with van der Waals surface area (Å²) in [5.74, 6) is 0.765. The number of hydrogen-bond donors (Lipinski definition) is 2. The number of nitrogens with zero attached hydrogens (tertiary/aromatic N) is 1. The highest BCUT2D eigenvalue weighted by molar-refractivity contribution is 5.79. The summed E-state index contributed by atoms with van der Waals surface area (Å²) in [4.78, 5) is 4.17. The third-order valence-electron chi connectivity index (χ3n) is 4.87. The first-order chi connectivity index (χ1) is 9.99. The summed E-state index contributed by atoms with van der Waals surface area (Å²) >= 11 is 0. The molecule has 2 saturated carbocycles. The molecule has 0 bridgehead atoms. The van der Waals surface area contributed by atoms with Gasteiger partial charge in [0.05, 0.1) is 5.92 Å². The van der Waals surface area contributed by atoms with Crippen LogP contribution in [0.4, 0.5) is 13.2 Å². The van der Waals surface area contributed by atoms with E-state index in [-0.39, 0.29) is 12.8 Å². The zero-order valence-corrected chi connectivity index (χ0v) is 12.7. The van der Waals surface area contributed by atoms with Crippen molar-refractivity contribution >= 4 is 5.96 Å². The molecule has 3 nitrogen and oxygen atoms in total. The van der Waals surface area contributed by atoms with Gasteiger partial charge in [-0.25, -0.2) is 0 Å². The Morgan fingerprint density at radius 3 is 1.86 bits per heavy atom. The maximum atomic E-state index is 12.6. The Kier molecular flexibility index (Phi) is 5.76. The van der Waals surface area contributed by atoms with E-state index in [0.29, 0.717) is 18.8 Å². The lowest BCUT2D eigenvalue weighted by Crippen LogP contribution is -2.43. The van der Waals surface area contributed by atoms with Gasteiger partial charge in [-0.15, -0.1) is 0 Å². The van der Waals surface area contributed by atoms with Crippen LogP contribution in [0.25, 0.3) is 0 Å². The molecule has 0 aliphatic heterocycles. The van der Waals surface area contributed by atoms with E-state index in [0.717, 1.165) is 25.0 Å². The van der Waals surface area contributed by atoms with Gasteiger partial charge in [-0.3, -0.25) is 4.99 Å². The molecule has 0 spiro atoms. The Balaban J connectivity index is 1.63. The molecule has 2 aliphatic carbocycles. The number of halogens is 3. The van der Waals surface area contributed by atoms with Crippen molar-refractivity contribution < 1.29 is 13.2 Å². The topological polar surface area (TPSA) is 36.4 Å². The number of nitrogens with one attached hydrogen (secondary N) is 2. The monoisotopic (exact) mass is 305 g/mol. The van der Waals surface area contributed by atoms with Crippen LogP contribution in [-0.2, 0) is 0 Å². The minimum absolute atomic E-state index is 0.268. The Bertz CT molecular complexity index is 343. The van der Waals surface area contributed by atoms with E-state index in [2.05, 4.69) is 15.6 Å². The van der Waals surface area contributed by atoms with Crippen LogP contribution in [0.2, 0.25) is 0 Å². The standard InChI is InChI=1S/C15H26F3N3/c1-19-14(20-9-11-3-2-4-11)21-10-12-5-7-13(8-6-12)15(16,17)18/h11-13H,2-10H2,1H3,(H2,19,20,21). The van der Waals surface area contributed by atoms with Crippen LogP contribution in [0.1, 0.15) is 44.9 Å². The van der Waals surface area contributed by atoms with Gasteiger partial charge in [0.2, 0.25) is 0 Å². The van der Waals surface area contributed by atoms with E-state index in [1.54, 1.807) is 7.05 Å². The zero-order chi connectivity index (χ0) is 15.3. The van der Waals surface area contributed by atoms with Crippen molar-refractivity contribution in [2.24, 2.45) is 22.7 Å². The fourth-order valence-electron chi connectivity index (χ4n) is 3.09. The van der Waals surface area contributed by atoms with E-state index in [9.17, 15) is 13.2 Å². The van der Waals surface area contributed by atoms with Crippen molar-refractivity contribution in [3.63, 3.8) is 0 Å². The van der Waals surface area contributed by atoms with Gasteiger partial charge in [0.25, 0.3) is 0 Å². The summed E-state index contributed by atoms with van der Waals surface area (Å²) in [6.45, 7) is 1.66. The Hall–Kier alpha value is -0.940. The van der Waals surface area contributed by atoms with E-state index < -0.39 is 12.1 Å². The number of alkyl halides is 3. The minimum Gasteiger partial charge on any atom is -0.356 e. The highest BCUT2D eigenvalue weighted by atomic mass is 19.4. The van der Waals surface area contributed by atoms with Gasteiger partial charge in [-0.2, -0.15) is 13.2 Å². The molecular weight excluding hydrogens is 279 g/mol. The Labute approximate surface area is 124 Å². The van der Waals surface area contributed by atoms with Crippen LogP contribution in [-0.4, -0.2) is 32.3 Å². The summed E-state index contributed by atoms with van der Waals surface area (Å²) in [5.41, 5.74) is 0. The van der Waals surface area contributed by atoms with Crippen LogP contribution in [0.15, 0.2) is 4.99 Å². The average molecular weight is 305 g/mol. The van der Waals surface area contributed by atoms with E-state index in [4.69, 9.17) is 0 Å². The molecule has 2 N–H and O–H groups in total. The SMILES string of the molecule is CN=C(NCC1CCC1)NCC1CCC(C(F)(F)F)CC1. The fraction of sp³-hybridized carbons (Fsp3) is 0.933. The number of rotatable bonds is 4. The number of guanidine groups is 1. The van der Waals surface area contributed by atoms with E-state index >= 15 is 0 Å². The fourth-order valence-corrected chi connectivity index (χ4v) is 3.09. The molecule has 0 atom stereocenters. The zero-order valence-electron chi connectivity index (χ0n) is 12.7. The third kappa shape index (κ3) is 5.08. The molecule has 0 heterocycles. The van der Waals surface area contributed by atoms with Gasteiger partial charge in [0.15, 0.2) is 5.96 Å². The summed E-state index contributed by atoms with van der Waals surface area (Å²) in [6, 6.07) is 0. The highest BCUT2D eigenvalue weighted by Gasteiger charge is 2.41. The van der Waals surface area contributed by atoms with Gasteiger partial charge in [-0.05, 0) is 50.4 Å². The van der Waals surface area contributed by atoms with Crippen LogP contribution in [0, 0.1) is 17.8 Å². The molecule has 0 aromatic heterocycles. The average Bonchev–Trinajstić information content (AvgIpc) is 2.40. The molecule has 0 amide bonds. The molecule has 2 fully saturated rings. The maximum absolute atomic E-state index is 12.6. The second-order valence-electron chi connectivity index (χ2n) is 6.39. The third-order valence-corrected chi connectivity index (χ3v) is 4.87. The molecule has 21 heavy (non-hydrogen) atoms. The lowest BCUT2D eigenvalue weighted by Gasteiger charge is -2.30. The molecule has 6 heteroatoms. The predicted octanol–water partition coefficient (Wildman–Crippen LogP) is 3.32. The van der Waals surface area contributed by atoms with Gasteiger partial charge in [-0.1, -0.05) is 6.42 Å². The first kappa shape index (κ1) is 16.4. The van der Waals surface area contributed by atoms with Crippen LogP contribution in [0.3, 0.4) is 0 Å². The Morgan fingerprint density at radius 2 is 1.48 bits per heavy atom. The molecule has 122 valence electrons. The molecular formula is C15H26F3N3. The highest BCUT2D eigenvalue weighted by Crippen LogP contribution is 2.39. The van der Waals surface area contributed by atoms with Crippen molar-refractivity contribution in [3.05, 3.63) is 0 Å². The lowest BCUT2D eigenvalue weighted by atomic mass is 9.81. The summed E-state index contributed by atoms with van der Waals surface area (Å²) in [5, 5.41) is 6.56. The second kappa shape index (κ2) is 7.36. The lowest BCUT2D eigenvalue weighted by molar-refractivity contribution is -0.183. The van der Waals surface area contributed by atoms with E-state index in [1.807, 2.05) is 0 Å². The van der Waals surface area contributed by atoms with Gasteiger partial charge < -0.3 is 10.6 Å². The molecule has 0 aromatic rings. The van der Waals surface area contributed by atoms with Crippen molar-refractivity contribution in [2.75, 3.05) is 20.1 Å². The van der Waals surface area contributed by atoms with Gasteiger partial charge in [0, 0.05) is 20.1 Å². The van der Waals surface area contributed by atoms with Crippen molar-refractivity contribution in [1.82, 2.24) is 10.6 Å². The van der Waals surface area contributed by atoms with Crippen LogP contribution in [0.5, 0.6) is 0 Å². The first-order valence-electron chi connectivity index (χ1n) is 8.00.